The minimum absolute atomic E-state index is 0.0512. The third-order valence-electron chi connectivity index (χ3n) is 3.31. The normalized spacial score (nSPS) is 20.7. The second kappa shape index (κ2) is 5.63. The number of nitrogens with zero attached hydrogens (tertiary/aromatic N) is 3. The molecule has 1 saturated heterocycles. The minimum atomic E-state index is -1.03. The third-order valence-corrected chi connectivity index (χ3v) is 3.31. The van der Waals surface area contributed by atoms with E-state index in [2.05, 4.69) is 28.7 Å². The largest absolute Gasteiger partial charge is 0.477 e. The highest BCUT2D eigenvalue weighted by Crippen LogP contribution is 2.21. The molecule has 1 aromatic heterocycles. The van der Waals surface area contributed by atoms with Crippen LogP contribution in [0, 0.1) is 6.92 Å². The van der Waals surface area contributed by atoms with Crippen LogP contribution in [0.1, 0.15) is 41.8 Å². The summed E-state index contributed by atoms with van der Waals surface area (Å²) in [5.74, 6) is -0.578. The highest BCUT2D eigenvalue weighted by molar-refractivity contribution is 5.86. The molecule has 1 fully saturated rings. The smallest absolute Gasteiger partial charge is 0.354 e. The number of carbonyl (C=O) groups is 1. The van der Waals surface area contributed by atoms with Gasteiger partial charge in [0.15, 0.2) is 11.5 Å². The Hall–Kier alpha value is -1.53. The first kappa shape index (κ1) is 13.9. The molecule has 0 amide bonds. The summed E-state index contributed by atoms with van der Waals surface area (Å²) in [6, 6.07) is 0.427. The predicted molar refractivity (Wildman–Crippen MR) is 69.1 cm³/mol. The van der Waals surface area contributed by atoms with Crippen molar-refractivity contribution in [2.24, 2.45) is 0 Å². The molecule has 1 unspecified atom stereocenters. The van der Waals surface area contributed by atoms with Crippen LogP contribution in [-0.2, 0) is 4.74 Å². The van der Waals surface area contributed by atoms with E-state index in [-0.39, 0.29) is 11.8 Å². The van der Waals surface area contributed by atoms with E-state index in [1.807, 2.05) is 0 Å². The molecule has 1 aliphatic rings. The van der Waals surface area contributed by atoms with Gasteiger partial charge >= 0.3 is 5.97 Å². The summed E-state index contributed by atoms with van der Waals surface area (Å²) in [5, 5.41) is 9.09. The zero-order chi connectivity index (χ0) is 14.0. The van der Waals surface area contributed by atoms with Crippen LogP contribution in [0.15, 0.2) is 6.20 Å². The highest BCUT2D eigenvalue weighted by atomic mass is 16.5. The fraction of sp³-hybridized carbons (Fsp3) is 0.615. The average Bonchev–Trinajstić information content (AvgIpc) is 2.39. The van der Waals surface area contributed by atoms with Crippen LogP contribution in [0.25, 0.3) is 0 Å². The average molecular weight is 265 g/mol. The van der Waals surface area contributed by atoms with Gasteiger partial charge in [0.2, 0.25) is 0 Å². The van der Waals surface area contributed by atoms with Gasteiger partial charge in [-0.2, -0.15) is 0 Å². The van der Waals surface area contributed by atoms with Crippen LogP contribution in [0.3, 0.4) is 0 Å². The quantitative estimate of drug-likeness (QED) is 0.887. The molecule has 0 bridgehead atoms. The number of aromatic nitrogens is 2. The minimum Gasteiger partial charge on any atom is -0.477 e. The maximum absolute atomic E-state index is 11.1. The lowest BCUT2D eigenvalue weighted by Gasteiger charge is -2.34. The van der Waals surface area contributed by atoms with E-state index in [4.69, 9.17) is 9.84 Å². The lowest BCUT2D eigenvalue weighted by Crippen LogP contribution is -2.42. The molecule has 2 heterocycles. The van der Waals surface area contributed by atoms with Crippen LogP contribution in [0.4, 0.5) is 0 Å². The number of carboxylic acids is 1. The van der Waals surface area contributed by atoms with E-state index in [0.29, 0.717) is 30.6 Å². The van der Waals surface area contributed by atoms with E-state index in [0.717, 1.165) is 6.54 Å². The van der Waals surface area contributed by atoms with Gasteiger partial charge in [-0.1, -0.05) is 0 Å². The zero-order valence-electron chi connectivity index (χ0n) is 11.5. The Morgan fingerprint density at radius 3 is 2.95 bits per heavy atom. The van der Waals surface area contributed by atoms with Crippen molar-refractivity contribution in [2.75, 3.05) is 19.7 Å². The summed E-state index contributed by atoms with van der Waals surface area (Å²) in [7, 11) is 0. The van der Waals surface area contributed by atoms with Gasteiger partial charge in [-0.15, -0.1) is 0 Å². The van der Waals surface area contributed by atoms with Crippen molar-refractivity contribution in [1.29, 1.82) is 0 Å². The number of hydrogen-bond acceptors (Lipinski definition) is 5. The highest BCUT2D eigenvalue weighted by Gasteiger charge is 2.26. The van der Waals surface area contributed by atoms with E-state index in [1.165, 1.54) is 0 Å². The topological polar surface area (TPSA) is 75.5 Å². The molecule has 6 nitrogen and oxygen atoms in total. The van der Waals surface area contributed by atoms with Crippen molar-refractivity contribution >= 4 is 5.97 Å². The molecule has 6 heteroatoms. The van der Waals surface area contributed by atoms with Gasteiger partial charge in [0.25, 0.3) is 0 Å². The standard InChI is InChI=1S/C13H19N3O3/c1-8(2)16-4-5-19-10(7-16)12-14-6-9(3)11(15-12)13(17)18/h6,8,10H,4-5,7H2,1-3H3,(H,17,18). The Bertz CT molecular complexity index is 476. The molecule has 2 rings (SSSR count). The lowest BCUT2D eigenvalue weighted by atomic mass is 10.2. The Morgan fingerprint density at radius 2 is 2.32 bits per heavy atom. The first-order valence-electron chi connectivity index (χ1n) is 6.41. The van der Waals surface area contributed by atoms with Gasteiger partial charge in [0, 0.05) is 30.9 Å². The molecule has 1 aromatic rings. The monoisotopic (exact) mass is 265 g/mol. The van der Waals surface area contributed by atoms with Crippen molar-refractivity contribution < 1.29 is 14.6 Å². The van der Waals surface area contributed by atoms with Crippen LogP contribution in [0.5, 0.6) is 0 Å². The summed E-state index contributed by atoms with van der Waals surface area (Å²) < 4.78 is 5.66. The van der Waals surface area contributed by atoms with Gasteiger partial charge in [-0.3, -0.25) is 4.90 Å². The second-order valence-electron chi connectivity index (χ2n) is 5.01. The molecule has 0 saturated carbocycles. The first-order chi connectivity index (χ1) is 8.99. The maximum Gasteiger partial charge on any atom is 0.354 e. The van der Waals surface area contributed by atoms with Gasteiger partial charge in [0.1, 0.15) is 6.10 Å². The van der Waals surface area contributed by atoms with Crippen molar-refractivity contribution in [1.82, 2.24) is 14.9 Å². The summed E-state index contributed by atoms with van der Waals surface area (Å²) in [6.07, 6.45) is 1.29. The molecule has 19 heavy (non-hydrogen) atoms. The van der Waals surface area contributed by atoms with E-state index in [9.17, 15) is 4.79 Å². The molecule has 1 aliphatic heterocycles. The molecule has 0 spiro atoms. The predicted octanol–water partition coefficient (Wildman–Crippen LogP) is 1.26. The van der Waals surface area contributed by atoms with Crippen molar-refractivity contribution in [3.63, 3.8) is 0 Å². The van der Waals surface area contributed by atoms with E-state index >= 15 is 0 Å². The van der Waals surface area contributed by atoms with E-state index < -0.39 is 5.97 Å². The fourth-order valence-electron chi connectivity index (χ4n) is 2.12. The Balaban J connectivity index is 2.22. The van der Waals surface area contributed by atoms with Crippen molar-refractivity contribution in [3.05, 3.63) is 23.3 Å². The van der Waals surface area contributed by atoms with Crippen LogP contribution < -0.4 is 0 Å². The summed E-state index contributed by atoms with van der Waals surface area (Å²) in [4.78, 5) is 21.7. The number of hydrogen-bond donors (Lipinski definition) is 1. The van der Waals surface area contributed by atoms with Gasteiger partial charge in [-0.25, -0.2) is 14.8 Å². The Labute approximate surface area is 112 Å². The van der Waals surface area contributed by atoms with Crippen LogP contribution in [0.2, 0.25) is 0 Å². The Kier molecular flexibility index (Phi) is 4.11. The van der Waals surface area contributed by atoms with Gasteiger partial charge in [0.05, 0.1) is 6.61 Å². The third kappa shape index (κ3) is 3.08. The molecule has 1 atom stereocenters. The number of rotatable bonds is 3. The number of carboxylic acid groups (broad SMARTS) is 1. The molecule has 1 N–H and O–H groups in total. The molecule has 104 valence electrons. The number of aryl methyl sites for hydroxylation is 1. The maximum atomic E-state index is 11.1. The van der Waals surface area contributed by atoms with Crippen molar-refractivity contribution in [2.45, 2.75) is 32.9 Å². The van der Waals surface area contributed by atoms with Crippen molar-refractivity contribution in [3.8, 4) is 0 Å². The van der Waals surface area contributed by atoms with Crippen LogP contribution >= 0.6 is 0 Å². The van der Waals surface area contributed by atoms with Gasteiger partial charge < -0.3 is 9.84 Å². The number of morpholine rings is 1. The lowest BCUT2D eigenvalue weighted by molar-refractivity contribution is -0.0443. The molecule has 0 aromatic carbocycles. The second-order valence-corrected chi connectivity index (χ2v) is 5.01. The number of ether oxygens (including phenoxy) is 1. The Morgan fingerprint density at radius 1 is 1.58 bits per heavy atom. The SMILES string of the molecule is Cc1cnc(C2CN(C(C)C)CCO2)nc1C(=O)O. The summed E-state index contributed by atoms with van der Waals surface area (Å²) >= 11 is 0. The molecular formula is C13H19N3O3. The zero-order valence-corrected chi connectivity index (χ0v) is 11.5. The molecule has 0 radical (unpaired) electrons. The number of aromatic carboxylic acids is 1. The van der Waals surface area contributed by atoms with Gasteiger partial charge in [-0.05, 0) is 20.8 Å². The first-order valence-corrected chi connectivity index (χ1v) is 6.41. The summed E-state index contributed by atoms with van der Waals surface area (Å²) in [6.45, 7) is 8.13. The fourth-order valence-corrected chi connectivity index (χ4v) is 2.12. The van der Waals surface area contributed by atoms with E-state index in [1.54, 1.807) is 13.1 Å². The summed E-state index contributed by atoms with van der Waals surface area (Å²) in [5.41, 5.74) is 0.614. The molecular weight excluding hydrogens is 246 g/mol. The van der Waals surface area contributed by atoms with Crippen LogP contribution in [-0.4, -0.2) is 51.7 Å². The molecule has 0 aliphatic carbocycles.